The van der Waals surface area contributed by atoms with Crippen LogP contribution in [0.3, 0.4) is 0 Å². The van der Waals surface area contributed by atoms with Gasteiger partial charge in [0.15, 0.2) is 5.16 Å². The molecule has 0 saturated heterocycles. The summed E-state index contributed by atoms with van der Waals surface area (Å²) in [5.74, 6) is 0.673. The second kappa shape index (κ2) is 8.02. The molecule has 2 N–H and O–H groups in total. The molecule has 0 radical (unpaired) electrons. The lowest BCUT2D eigenvalue weighted by Gasteiger charge is -2.24. The Morgan fingerprint density at radius 2 is 1.79 bits per heavy atom. The Morgan fingerprint density at radius 1 is 1.04 bits per heavy atom. The van der Waals surface area contributed by atoms with Crippen LogP contribution in [0.5, 0.6) is 0 Å². The predicted molar refractivity (Wildman–Crippen MR) is 112 cm³/mol. The maximum atomic E-state index is 12.8. The Kier molecular flexibility index (Phi) is 5.30. The fourth-order valence-corrected chi connectivity index (χ4v) is 4.23. The number of anilines is 1. The van der Waals surface area contributed by atoms with Gasteiger partial charge in [-0.25, -0.2) is 4.98 Å². The highest BCUT2D eigenvalue weighted by Gasteiger charge is 2.30. The molecule has 1 aliphatic heterocycles. The number of carbonyl (C=O) groups is 1. The summed E-state index contributed by atoms with van der Waals surface area (Å²) in [5, 5.41) is 3.29. The lowest BCUT2D eigenvalue weighted by atomic mass is 9.86. The zero-order valence-electron chi connectivity index (χ0n) is 15.6. The van der Waals surface area contributed by atoms with Crippen LogP contribution in [0.4, 0.5) is 5.82 Å². The average molecular weight is 391 g/mol. The summed E-state index contributed by atoms with van der Waals surface area (Å²) in [6.07, 6.45) is 1.20. The summed E-state index contributed by atoms with van der Waals surface area (Å²) < 4.78 is 0. The molecule has 0 aliphatic carbocycles. The van der Waals surface area contributed by atoms with Crippen LogP contribution < -0.4 is 10.9 Å². The first-order valence-corrected chi connectivity index (χ1v) is 10.3. The van der Waals surface area contributed by atoms with Crippen molar-refractivity contribution in [3.05, 3.63) is 87.2 Å². The van der Waals surface area contributed by atoms with Crippen LogP contribution in [0.25, 0.3) is 0 Å². The van der Waals surface area contributed by atoms with E-state index in [1.807, 2.05) is 54.6 Å². The van der Waals surface area contributed by atoms with Gasteiger partial charge in [0.25, 0.3) is 5.56 Å². The second-order valence-electron chi connectivity index (χ2n) is 6.81. The molecular formula is C22H21N3O2S. The minimum absolute atomic E-state index is 0.117. The minimum Gasteiger partial charge on any atom is -0.310 e. The van der Waals surface area contributed by atoms with Crippen molar-refractivity contribution in [1.82, 2.24) is 9.97 Å². The van der Waals surface area contributed by atoms with Crippen LogP contribution in [0.15, 0.2) is 64.5 Å². The van der Waals surface area contributed by atoms with Crippen LogP contribution in [0.2, 0.25) is 0 Å². The Hall–Kier alpha value is -2.86. The molecule has 0 saturated carbocycles. The Labute approximate surface area is 167 Å². The SMILES string of the molecule is CCc1ccc(C2CC(=O)Nc3nc(SCc4ccccc4)[nH]c(=O)c32)cc1. The Balaban J connectivity index is 1.65. The fourth-order valence-electron chi connectivity index (χ4n) is 3.42. The molecule has 1 unspecified atom stereocenters. The fraction of sp³-hybridized carbons (Fsp3) is 0.227. The van der Waals surface area contributed by atoms with Gasteiger partial charge in [0, 0.05) is 18.1 Å². The van der Waals surface area contributed by atoms with Gasteiger partial charge in [-0.3, -0.25) is 9.59 Å². The molecule has 142 valence electrons. The summed E-state index contributed by atoms with van der Waals surface area (Å²) >= 11 is 1.45. The second-order valence-corrected chi connectivity index (χ2v) is 7.77. The molecule has 6 heteroatoms. The third-order valence-electron chi connectivity index (χ3n) is 4.94. The van der Waals surface area contributed by atoms with E-state index in [0.29, 0.717) is 22.3 Å². The van der Waals surface area contributed by atoms with Crippen molar-refractivity contribution in [2.24, 2.45) is 0 Å². The van der Waals surface area contributed by atoms with Gasteiger partial charge < -0.3 is 10.3 Å². The molecule has 1 atom stereocenters. The van der Waals surface area contributed by atoms with Crippen molar-refractivity contribution in [3.8, 4) is 0 Å². The first-order chi connectivity index (χ1) is 13.6. The van der Waals surface area contributed by atoms with Crippen LogP contribution in [0.1, 0.15) is 41.5 Å². The zero-order valence-corrected chi connectivity index (χ0v) is 16.4. The minimum atomic E-state index is -0.279. The van der Waals surface area contributed by atoms with E-state index >= 15 is 0 Å². The number of H-pyrrole nitrogens is 1. The van der Waals surface area contributed by atoms with E-state index in [0.717, 1.165) is 17.5 Å². The van der Waals surface area contributed by atoms with Crippen molar-refractivity contribution in [1.29, 1.82) is 0 Å². The first kappa shape index (κ1) is 18.5. The van der Waals surface area contributed by atoms with E-state index in [4.69, 9.17) is 0 Å². The molecular weight excluding hydrogens is 370 g/mol. The van der Waals surface area contributed by atoms with E-state index in [1.54, 1.807) is 0 Å². The van der Waals surface area contributed by atoms with Crippen molar-refractivity contribution >= 4 is 23.5 Å². The zero-order chi connectivity index (χ0) is 19.5. The van der Waals surface area contributed by atoms with Gasteiger partial charge >= 0.3 is 0 Å². The number of nitrogens with zero attached hydrogens (tertiary/aromatic N) is 1. The number of aryl methyl sites for hydroxylation is 1. The quantitative estimate of drug-likeness (QED) is 0.507. The molecule has 1 aliphatic rings. The molecule has 1 aromatic heterocycles. The lowest BCUT2D eigenvalue weighted by molar-refractivity contribution is -0.116. The van der Waals surface area contributed by atoms with Crippen LogP contribution in [-0.4, -0.2) is 15.9 Å². The third kappa shape index (κ3) is 3.87. The largest absolute Gasteiger partial charge is 0.310 e. The van der Waals surface area contributed by atoms with Crippen molar-refractivity contribution in [2.75, 3.05) is 5.32 Å². The summed E-state index contributed by atoms with van der Waals surface area (Å²) in [6.45, 7) is 2.10. The molecule has 1 amide bonds. The molecule has 3 aromatic rings. The number of nitrogens with one attached hydrogen (secondary N) is 2. The molecule has 0 fully saturated rings. The highest BCUT2D eigenvalue weighted by Crippen LogP contribution is 2.34. The Morgan fingerprint density at radius 3 is 2.50 bits per heavy atom. The van der Waals surface area contributed by atoms with Gasteiger partial charge in [-0.05, 0) is 23.1 Å². The van der Waals surface area contributed by atoms with Gasteiger partial charge in [-0.15, -0.1) is 0 Å². The highest BCUT2D eigenvalue weighted by molar-refractivity contribution is 7.98. The van der Waals surface area contributed by atoms with E-state index in [-0.39, 0.29) is 23.8 Å². The van der Waals surface area contributed by atoms with Crippen LogP contribution in [-0.2, 0) is 17.0 Å². The number of aromatic nitrogens is 2. The summed E-state index contributed by atoms with van der Waals surface area (Å²) in [6, 6.07) is 18.1. The maximum absolute atomic E-state index is 12.8. The number of fused-ring (bicyclic) bond motifs is 1. The molecule has 2 heterocycles. The highest BCUT2D eigenvalue weighted by atomic mass is 32.2. The Bertz CT molecular complexity index is 1050. The van der Waals surface area contributed by atoms with Gasteiger partial charge in [0.2, 0.25) is 5.91 Å². The van der Waals surface area contributed by atoms with Gasteiger partial charge in [0.1, 0.15) is 5.82 Å². The number of amides is 1. The summed E-state index contributed by atoms with van der Waals surface area (Å²) in [5.41, 5.74) is 3.68. The molecule has 0 spiro atoms. The number of rotatable bonds is 5. The van der Waals surface area contributed by atoms with Crippen molar-refractivity contribution in [3.63, 3.8) is 0 Å². The smallest absolute Gasteiger partial charge is 0.257 e. The molecule has 0 bridgehead atoms. The molecule has 28 heavy (non-hydrogen) atoms. The first-order valence-electron chi connectivity index (χ1n) is 9.33. The average Bonchev–Trinajstić information content (AvgIpc) is 2.72. The topological polar surface area (TPSA) is 74.8 Å². The van der Waals surface area contributed by atoms with Crippen molar-refractivity contribution < 1.29 is 4.79 Å². The predicted octanol–water partition coefficient (Wildman–Crippen LogP) is 4.10. The third-order valence-corrected chi connectivity index (χ3v) is 5.88. The molecule has 4 rings (SSSR count). The molecule has 2 aromatic carbocycles. The lowest BCUT2D eigenvalue weighted by Crippen LogP contribution is -2.31. The van der Waals surface area contributed by atoms with E-state index in [2.05, 4.69) is 22.2 Å². The molecule has 5 nitrogen and oxygen atoms in total. The normalized spacial score (nSPS) is 15.8. The van der Waals surface area contributed by atoms with E-state index in [1.165, 1.54) is 17.3 Å². The summed E-state index contributed by atoms with van der Waals surface area (Å²) in [7, 11) is 0. The van der Waals surface area contributed by atoms with Crippen molar-refractivity contribution in [2.45, 2.75) is 36.6 Å². The number of thioether (sulfide) groups is 1. The van der Waals surface area contributed by atoms with Crippen LogP contribution >= 0.6 is 11.8 Å². The monoisotopic (exact) mass is 391 g/mol. The number of benzene rings is 2. The number of hydrogen-bond donors (Lipinski definition) is 2. The maximum Gasteiger partial charge on any atom is 0.257 e. The standard InChI is InChI=1S/C22H21N3O2S/c1-2-14-8-10-16(11-9-14)17-12-18(26)23-20-19(17)21(27)25-22(24-20)28-13-15-6-4-3-5-7-15/h3-11,17H,2,12-13H2,1H3,(H2,23,24,25,26,27). The van der Waals surface area contributed by atoms with E-state index in [9.17, 15) is 9.59 Å². The number of carbonyl (C=O) groups excluding carboxylic acids is 1. The van der Waals surface area contributed by atoms with Gasteiger partial charge in [-0.1, -0.05) is 73.3 Å². The van der Waals surface area contributed by atoms with Gasteiger partial charge in [0.05, 0.1) is 5.56 Å². The summed E-state index contributed by atoms with van der Waals surface area (Å²) in [4.78, 5) is 32.5. The van der Waals surface area contributed by atoms with Crippen LogP contribution in [0, 0.1) is 0 Å². The van der Waals surface area contributed by atoms with Gasteiger partial charge in [-0.2, -0.15) is 0 Å². The number of aromatic amines is 1. The van der Waals surface area contributed by atoms with E-state index < -0.39 is 0 Å². The number of hydrogen-bond acceptors (Lipinski definition) is 4.